The van der Waals surface area contributed by atoms with Crippen LogP contribution in [0.4, 0.5) is 17.1 Å². The zero-order valence-electron chi connectivity index (χ0n) is 31.7. The van der Waals surface area contributed by atoms with Gasteiger partial charge in [-0.25, -0.2) is 0 Å². The van der Waals surface area contributed by atoms with Gasteiger partial charge in [0.25, 0.3) is 0 Å². The van der Waals surface area contributed by atoms with E-state index in [1.165, 1.54) is 86.2 Å². The Morgan fingerprint density at radius 3 is 1.50 bits per heavy atom. The van der Waals surface area contributed by atoms with Crippen LogP contribution in [0.2, 0.25) is 0 Å². The molecule has 272 valence electrons. The molecule has 1 nitrogen and oxygen atoms in total. The molecule has 0 atom stereocenters. The van der Waals surface area contributed by atoms with Crippen molar-refractivity contribution in [2.75, 3.05) is 4.90 Å². The SMILES string of the molecule is c1ccc(N(c2ccc(-c3ccc4ccccc4c3)cc2)c2ccc(-c3cc4ccccc4cc3-c3ccccc3-c3cccc4c3sc3ccccc34)cc2)cc1. The summed E-state index contributed by atoms with van der Waals surface area (Å²) < 4.78 is 2.65. The predicted molar refractivity (Wildman–Crippen MR) is 251 cm³/mol. The smallest absolute Gasteiger partial charge is 0.0462 e. The Balaban J connectivity index is 1.01. The van der Waals surface area contributed by atoms with E-state index in [0.29, 0.717) is 0 Å². The molecular formula is C56H37NS. The van der Waals surface area contributed by atoms with Gasteiger partial charge in [0.05, 0.1) is 0 Å². The molecule has 0 spiro atoms. The van der Waals surface area contributed by atoms with Gasteiger partial charge in [-0.1, -0.05) is 164 Å². The highest BCUT2D eigenvalue weighted by atomic mass is 32.1. The molecule has 0 bridgehead atoms. The summed E-state index contributed by atoms with van der Waals surface area (Å²) in [5.74, 6) is 0. The van der Waals surface area contributed by atoms with Gasteiger partial charge in [0.15, 0.2) is 0 Å². The van der Waals surface area contributed by atoms with Gasteiger partial charge in [0.1, 0.15) is 0 Å². The molecule has 0 saturated carbocycles. The van der Waals surface area contributed by atoms with Gasteiger partial charge in [-0.15, -0.1) is 11.3 Å². The van der Waals surface area contributed by atoms with Crippen molar-refractivity contribution in [1.82, 2.24) is 0 Å². The van der Waals surface area contributed by atoms with Gasteiger partial charge in [-0.3, -0.25) is 0 Å². The fraction of sp³-hybridized carbons (Fsp3) is 0. The van der Waals surface area contributed by atoms with Crippen LogP contribution >= 0.6 is 11.3 Å². The maximum absolute atomic E-state index is 2.38. The number of thiophene rings is 1. The monoisotopic (exact) mass is 755 g/mol. The van der Waals surface area contributed by atoms with Crippen molar-refractivity contribution in [3.63, 3.8) is 0 Å². The summed E-state index contributed by atoms with van der Waals surface area (Å²) in [7, 11) is 0. The summed E-state index contributed by atoms with van der Waals surface area (Å²) in [6.45, 7) is 0. The predicted octanol–water partition coefficient (Wildman–Crippen LogP) is 16.5. The van der Waals surface area contributed by atoms with Gasteiger partial charge in [-0.05, 0) is 121 Å². The molecule has 0 saturated heterocycles. The molecule has 10 aromatic carbocycles. The lowest BCUT2D eigenvalue weighted by Crippen LogP contribution is -2.09. The molecule has 2 heteroatoms. The Hall–Kier alpha value is -7.26. The van der Waals surface area contributed by atoms with Crippen LogP contribution in [-0.4, -0.2) is 0 Å². The van der Waals surface area contributed by atoms with Gasteiger partial charge < -0.3 is 4.90 Å². The van der Waals surface area contributed by atoms with E-state index in [1.807, 2.05) is 11.3 Å². The average Bonchev–Trinajstić information content (AvgIpc) is 3.69. The summed E-state index contributed by atoms with van der Waals surface area (Å²) in [5.41, 5.74) is 13.1. The third kappa shape index (κ3) is 6.03. The Morgan fingerprint density at radius 1 is 0.276 bits per heavy atom. The van der Waals surface area contributed by atoms with Crippen LogP contribution in [0.15, 0.2) is 224 Å². The van der Waals surface area contributed by atoms with Gasteiger partial charge in [0, 0.05) is 42.8 Å². The van der Waals surface area contributed by atoms with Crippen LogP contribution < -0.4 is 4.90 Å². The lowest BCUT2D eigenvalue weighted by Gasteiger charge is -2.26. The van der Waals surface area contributed by atoms with Gasteiger partial charge >= 0.3 is 0 Å². The minimum atomic E-state index is 1.10. The molecule has 1 heterocycles. The quantitative estimate of drug-likeness (QED) is 0.157. The van der Waals surface area contributed by atoms with E-state index in [1.54, 1.807) is 0 Å². The first-order chi connectivity index (χ1) is 28.7. The van der Waals surface area contributed by atoms with Crippen molar-refractivity contribution in [3.8, 4) is 44.5 Å². The van der Waals surface area contributed by atoms with Crippen LogP contribution in [0.25, 0.3) is 86.2 Å². The van der Waals surface area contributed by atoms with E-state index in [-0.39, 0.29) is 0 Å². The first-order valence-electron chi connectivity index (χ1n) is 19.8. The molecule has 0 aliphatic heterocycles. The molecule has 0 amide bonds. The Morgan fingerprint density at radius 2 is 0.776 bits per heavy atom. The minimum Gasteiger partial charge on any atom is -0.311 e. The fourth-order valence-corrected chi connectivity index (χ4v) is 9.83. The maximum Gasteiger partial charge on any atom is 0.0462 e. The maximum atomic E-state index is 2.38. The topological polar surface area (TPSA) is 3.24 Å². The van der Waals surface area contributed by atoms with Crippen LogP contribution in [0.5, 0.6) is 0 Å². The number of fused-ring (bicyclic) bond motifs is 5. The Bertz CT molecular complexity index is 3270. The lowest BCUT2D eigenvalue weighted by molar-refractivity contribution is 1.28. The van der Waals surface area contributed by atoms with Crippen molar-refractivity contribution in [2.45, 2.75) is 0 Å². The second-order valence-electron chi connectivity index (χ2n) is 14.9. The Labute approximate surface area is 342 Å². The second kappa shape index (κ2) is 14.4. The number of rotatable bonds is 7. The summed E-state index contributed by atoms with van der Waals surface area (Å²) in [4.78, 5) is 2.34. The molecule has 11 rings (SSSR count). The van der Waals surface area contributed by atoms with Crippen molar-refractivity contribution in [1.29, 1.82) is 0 Å². The van der Waals surface area contributed by atoms with Gasteiger partial charge in [0.2, 0.25) is 0 Å². The molecule has 58 heavy (non-hydrogen) atoms. The number of anilines is 3. The normalized spacial score (nSPS) is 11.4. The third-order valence-electron chi connectivity index (χ3n) is 11.5. The van der Waals surface area contributed by atoms with Crippen molar-refractivity contribution >= 4 is 70.1 Å². The Kier molecular flexibility index (Phi) is 8.42. The number of hydrogen-bond acceptors (Lipinski definition) is 2. The molecule has 0 radical (unpaired) electrons. The molecule has 0 aliphatic carbocycles. The van der Waals surface area contributed by atoms with Crippen LogP contribution in [0.3, 0.4) is 0 Å². The minimum absolute atomic E-state index is 1.10. The number of hydrogen-bond donors (Lipinski definition) is 0. The highest BCUT2D eigenvalue weighted by Gasteiger charge is 2.18. The molecule has 0 aliphatic rings. The van der Waals surface area contributed by atoms with E-state index in [9.17, 15) is 0 Å². The van der Waals surface area contributed by atoms with Crippen LogP contribution in [0.1, 0.15) is 0 Å². The van der Waals surface area contributed by atoms with Crippen molar-refractivity contribution < 1.29 is 0 Å². The number of para-hydroxylation sites is 1. The molecule has 1 aromatic heterocycles. The van der Waals surface area contributed by atoms with E-state index in [4.69, 9.17) is 0 Å². The zero-order chi connectivity index (χ0) is 38.4. The largest absolute Gasteiger partial charge is 0.311 e. The van der Waals surface area contributed by atoms with E-state index >= 15 is 0 Å². The summed E-state index contributed by atoms with van der Waals surface area (Å²) in [6.07, 6.45) is 0. The fourth-order valence-electron chi connectivity index (χ4n) is 8.60. The average molecular weight is 756 g/mol. The summed E-state index contributed by atoms with van der Waals surface area (Å²) in [6, 6.07) is 81.9. The highest BCUT2D eigenvalue weighted by molar-refractivity contribution is 7.26. The molecule has 11 aromatic rings. The van der Waals surface area contributed by atoms with Gasteiger partial charge in [-0.2, -0.15) is 0 Å². The first-order valence-corrected chi connectivity index (χ1v) is 20.6. The van der Waals surface area contributed by atoms with E-state index in [2.05, 4.69) is 229 Å². The zero-order valence-corrected chi connectivity index (χ0v) is 32.5. The van der Waals surface area contributed by atoms with E-state index < -0.39 is 0 Å². The van der Waals surface area contributed by atoms with Crippen LogP contribution in [0, 0.1) is 0 Å². The summed E-state index contributed by atoms with van der Waals surface area (Å²) >= 11 is 1.89. The molecule has 0 unspecified atom stereocenters. The number of benzene rings is 10. The van der Waals surface area contributed by atoms with E-state index in [0.717, 1.165) is 17.1 Å². The van der Waals surface area contributed by atoms with Crippen LogP contribution in [-0.2, 0) is 0 Å². The highest BCUT2D eigenvalue weighted by Crippen LogP contribution is 2.46. The first kappa shape index (κ1) is 34.0. The summed E-state index contributed by atoms with van der Waals surface area (Å²) in [5, 5.41) is 7.60. The standard InChI is InChI=1S/C56H37NS/c1-2-17-45(18-3-1)57(46-31-27-39(28-32-46)44-26-25-38-13-4-5-14-41(38)35-44)47-33-29-40(30-34-47)53-36-42-15-6-7-16-43(42)37-54(53)49-20-9-8-19-48(49)51-22-12-23-52-50-21-10-11-24-55(50)58-56(51)52/h1-37H. The molecule has 0 fully saturated rings. The molecule has 0 N–H and O–H groups in total. The third-order valence-corrected chi connectivity index (χ3v) is 12.7. The second-order valence-corrected chi connectivity index (χ2v) is 15.9. The van der Waals surface area contributed by atoms with Crippen molar-refractivity contribution in [3.05, 3.63) is 224 Å². The van der Waals surface area contributed by atoms with Crippen molar-refractivity contribution in [2.24, 2.45) is 0 Å². The molecular weight excluding hydrogens is 719 g/mol. The lowest BCUT2D eigenvalue weighted by atomic mass is 9.87. The number of nitrogens with zero attached hydrogens (tertiary/aromatic N) is 1.